The quantitative estimate of drug-likeness (QED) is 0.0379. The predicted molar refractivity (Wildman–Crippen MR) is 279 cm³/mol. The van der Waals surface area contributed by atoms with Gasteiger partial charge in [0, 0.05) is 6.92 Å². The van der Waals surface area contributed by atoms with Crippen LogP contribution in [0.5, 0.6) is 0 Å². The van der Waals surface area contributed by atoms with Gasteiger partial charge in [0.1, 0.15) is 79.9 Å². The molecule has 4 aliphatic heterocycles. The molecular weight excluding hydrogens is 1100 g/mol. The largest absolute Gasteiger partial charge is 0.463 e. The van der Waals surface area contributed by atoms with Gasteiger partial charge in [-0.05, 0) is 129 Å². The van der Waals surface area contributed by atoms with E-state index in [1.54, 1.807) is 0 Å². The summed E-state index contributed by atoms with van der Waals surface area (Å²) in [7, 11) is 0. The number of carbonyl (C=O) groups is 2. The number of esters is 2. The lowest BCUT2D eigenvalue weighted by Gasteiger charge is -2.73. The van der Waals surface area contributed by atoms with Gasteiger partial charge in [-0.3, -0.25) is 9.59 Å². The highest BCUT2D eigenvalue weighted by Crippen LogP contribution is 2.78. The molecule has 9 rings (SSSR count). The summed E-state index contributed by atoms with van der Waals surface area (Å²) in [6.07, 6.45) is -26.1. The number of rotatable bonds is 14. The van der Waals surface area contributed by atoms with Crippen LogP contribution >= 0.6 is 0 Å². The maximum Gasteiger partial charge on any atom is 0.357 e. The van der Waals surface area contributed by atoms with Crippen LogP contribution in [0.25, 0.3) is 0 Å². The van der Waals surface area contributed by atoms with E-state index in [0.29, 0.717) is 51.4 Å². The van der Waals surface area contributed by atoms with Gasteiger partial charge in [-0.2, -0.15) is 0 Å². The van der Waals surface area contributed by atoms with Crippen molar-refractivity contribution in [2.24, 2.45) is 56.7 Å². The van der Waals surface area contributed by atoms with Crippen molar-refractivity contribution in [1.82, 2.24) is 0 Å². The summed E-state index contributed by atoms with van der Waals surface area (Å²) < 4.78 is 50.7. The Bertz CT molecular complexity index is 2360. The molecule has 0 aromatic carbocycles. The fourth-order valence-corrected chi connectivity index (χ4v) is 17.8. The molecule has 5 saturated carbocycles. The van der Waals surface area contributed by atoms with Gasteiger partial charge in [0.2, 0.25) is 0 Å². The normalized spacial score (nSPS) is 54.1. The van der Waals surface area contributed by atoms with E-state index < -0.39 is 171 Å². The summed E-state index contributed by atoms with van der Waals surface area (Å²) >= 11 is 0. The van der Waals surface area contributed by atoms with E-state index in [1.807, 2.05) is 6.92 Å². The molecular formula is C57H92O26. The molecule has 83 heavy (non-hydrogen) atoms. The first kappa shape index (κ1) is 65.3. The Balaban J connectivity index is 0.911. The van der Waals surface area contributed by atoms with Crippen LogP contribution in [0.1, 0.15) is 126 Å². The third-order valence-electron chi connectivity index (χ3n) is 22.7. The maximum atomic E-state index is 15.3. The van der Waals surface area contributed by atoms with Crippen molar-refractivity contribution in [3.05, 3.63) is 12.2 Å². The molecule has 26 heteroatoms. The van der Waals surface area contributed by atoms with Crippen LogP contribution in [0, 0.1) is 56.7 Å². The highest BCUT2D eigenvalue weighted by molar-refractivity contribution is 5.79. The van der Waals surface area contributed by atoms with Crippen LogP contribution in [-0.2, 0) is 52.2 Å². The van der Waals surface area contributed by atoms with Gasteiger partial charge in [0.15, 0.2) is 24.6 Å². The van der Waals surface area contributed by atoms with Crippen molar-refractivity contribution in [2.45, 2.75) is 254 Å². The summed E-state index contributed by atoms with van der Waals surface area (Å²) in [6.45, 7) is 17.6. The van der Waals surface area contributed by atoms with Crippen molar-refractivity contribution >= 4 is 11.9 Å². The fraction of sp³-hybridized carbons (Fsp3) is 0.930. The molecule has 30 atom stereocenters. The zero-order chi connectivity index (χ0) is 61.3. The summed E-state index contributed by atoms with van der Waals surface area (Å²) in [5, 5.41) is 165. The van der Waals surface area contributed by atoms with Crippen LogP contribution in [0.15, 0.2) is 12.2 Å². The van der Waals surface area contributed by atoms with Crippen molar-refractivity contribution < 1.29 is 129 Å². The molecule has 4 heterocycles. The molecule has 9 aliphatic rings. The second-order valence-corrected chi connectivity index (χ2v) is 27.1. The third-order valence-corrected chi connectivity index (χ3v) is 22.7. The average molecular weight is 1190 g/mol. The molecule has 476 valence electrons. The number of fused-ring (bicyclic) bond motifs is 7. The van der Waals surface area contributed by atoms with Crippen molar-refractivity contribution in [2.75, 3.05) is 19.8 Å². The Labute approximate surface area is 482 Å². The minimum absolute atomic E-state index is 0.0284. The average Bonchev–Trinajstić information content (AvgIpc) is 3.94. The standard InChI is InChI=1S/C57H92O26/c1-10-24(2)27-13-18-54(49(71)83-57(74)46(69)41(65)38(62)31(81-57)23-76-55(72)47(70)43(67)44(29(21-58)79-55)78-48-42(66)39(63)36(60)25(3)77-48)20-19-52(8)28(35(27)54)11-12-33-51(7)16-15-34(50(5,6)32(51)14-17-53(33,52)9)82-56(73)45(68)40(64)37(61)30(80-56)22-75-26(4)59/h25,27-48,58,60-70,72-74H,2,10-23H2,1,3-9H3/t25-,27+,28-,29?,30?,31?,32+,33-,34-,35-,36-,37-,38-,39+,40?,41?,42+,43?,44-,45+,46+,47+,48?,51+,52-,53-,54+,55+,56-,57-/m1/s1. The van der Waals surface area contributed by atoms with Gasteiger partial charge in [0.05, 0.1) is 30.8 Å². The van der Waals surface area contributed by atoms with Gasteiger partial charge < -0.3 is 119 Å². The van der Waals surface area contributed by atoms with E-state index in [1.165, 1.54) is 6.92 Å². The van der Waals surface area contributed by atoms with Crippen LogP contribution < -0.4 is 0 Å². The Kier molecular flexibility index (Phi) is 18.1. The second-order valence-electron chi connectivity index (χ2n) is 27.1. The number of allylic oxidation sites excluding steroid dienone is 1. The van der Waals surface area contributed by atoms with Gasteiger partial charge in [-0.25, -0.2) is 0 Å². The molecule has 0 bridgehead atoms. The molecule has 0 aromatic rings. The van der Waals surface area contributed by atoms with E-state index in [2.05, 4.69) is 41.2 Å². The highest BCUT2D eigenvalue weighted by atomic mass is 16.9. The van der Waals surface area contributed by atoms with Gasteiger partial charge in [-0.1, -0.05) is 53.7 Å². The molecule has 5 aliphatic carbocycles. The Morgan fingerprint density at radius 1 is 0.614 bits per heavy atom. The second kappa shape index (κ2) is 23.0. The third kappa shape index (κ3) is 10.5. The SMILES string of the molecule is C=C(CC)[C@@H]1CC[C@]2(C(=O)O[C@]3(O)OC(CO[C@]4(O)OC(CO)[C@@H](OC5O[C@H](C)[C@@H](O)[C@H](O)[C@@H]5O)C(O)[C@@H]4O)[C@@H](O)C(O)[C@@H]3O)CC[C@]3(C)[C@H](CC[C@@H]4[C@@]5(C)CC[C@@H](O[C@]6(O)OC(COC(C)=O)[C@@H](O)C(O)[C@@H]6O)C(C)(C)[C@@H]5CC[C@]43C)[C@@H]12. The number of aliphatic hydroxyl groups is 15. The lowest BCUT2D eigenvalue weighted by atomic mass is 9.32. The van der Waals surface area contributed by atoms with Crippen molar-refractivity contribution in [3.63, 3.8) is 0 Å². The first-order valence-electron chi connectivity index (χ1n) is 29.5. The molecule has 4 saturated heterocycles. The number of hydrogen-bond acceptors (Lipinski definition) is 26. The van der Waals surface area contributed by atoms with Crippen LogP contribution in [-0.4, -0.2) is 236 Å². The number of hydrogen-bond donors (Lipinski definition) is 15. The Morgan fingerprint density at radius 3 is 1.84 bits per heavy atom. The molecule has 26 nitrogen and oxygen atoms in total. The molecule has 9 fully saturated rings. The van der Waals surface area contributed by atoms with E-state index in [0.717, 1.165) is 31.8 Å². The molecule has 0 spiro atoms. The summed E-state index contributed by atoms with van der Waals surface area (Å²) in [4.78, 5) is 26.9. The highest BCUT2D eigenvalue weighted by Gasteiger charge is 2.74. The summed E-state index contributed by atoms with van der Waals surface area (Å²) in [5.74, 6) is -11.3. The number of ether oxygens (including phenoxy) is 9. The summed E-state index contributed by atoms with van der Waals surface area (Å²) in [6, 6.07) is 0. The van der Waals surface area contributed by atoms with Crippen LogP contribution in [0.3, 0.4) is 0 Å². The smallest absolute Gasteiger partial charge is 0.357 e. The first-order chi connectivity index (χ1) is 38.6. The monoisotopic (exact) mass is 1190 g/mol. The zero-order valence-corrected chi connectivity index (χ0v) is 48.6. The van der Waals surface area contributed by atoms with Crippen molar-refractivity contribution in [3.8, 4) is 0 Å². The van der Waals surface area contributed by atoms with Gasteiger partial charge >= 0.3 is 29.9 Å². The van der Waals surface area contributed by atoms with Crippen molar-refractivity contribution in [1.29, 1.82) is 0 Å². The molecule has 0 radical (unpaired) electrons. The first-order valence-corrected chi connectivity index (χ1v) is 29.5. The Morgan fingerprint density at radius 2 is 1.22 bits per heavy atom. The minimum Gasteiger partial charge on any atom is -0.463 e. The van der Waals surface area contributed by atoms with E-state index >= 15 is 4.79 Å². The maximum absolute atomic E-state index is 15.3. The van der Waals surface area contributed by atoms with E-state index in [4.69, 9.17) is 42.6 Å². The lowest BCUT2D eigenvalue weighted by molar-refractivity contribution is -0.474. The van der Waals surface area contributed by atoms with Crippen LogP contribution in [0.2, 0.25) is 0 Å². The fourth-order valence-electron chi connectivity index (χ4n) is 17.8. The zero-order valence-electron chi connectivity index (χ0n) is 48.6. The van der Waals surface area contributed by atoms with Gasteiger partial charge in [-0.15, -0.1) is 0 Å². The Hall–Kier alpha value is -2.20. The predicted octanol–water partition coefficient (Wildman–Crippen LogP) is -2.23. The summed E-state index contributed by atoms with van der Waals surface area (Å²) in [5.41, 5.74) is -1.88. The van der Waals surface area contributed by atoms with E-state index in [-0.39, 0.29) is 45.8 Å². The van der Waals surface area contributed by atoms with E-state index in [9.17, 15) is 81.4 Å². The molecule has 15 N–H and O–H groups in total. The molecule has 7 unspecified atom stereocenters. The minimum atomic E-state index is -3.34. The number of carbonyl (C=O) groups excluding carboxylic acids is 2. The number of aliphatic hydroxyl groups excluding tert-OH is 12. The van der Waals surface area contributed by atoms with Crippen LogP contribution in [0.4, 0.5) is 0 Å². The molecule has 0 aromatic heterocycles. The topological polar surface area (TPSA) is 421 Å². The van der Waals surface area contributed by atoms with Gasteiger partial charge in [0.25, 0.3) is 0 Å². The lowest BCUT2D eigenvalue weighted by Crippen LogP contribution is -2.70. The molecule has 0 amide bonds.